The zero-order chi connectivity index (χ0) is 27.5. The number of halogens is 1. The maximum atomic E-state index is 13.5. The molecular formula is C29H43FN2O4. The molecule has 2 atom stereocenters. The molecule has 1 fully saturated rings. The van der Waals surface area contributed by atoms with Gasteiger partial charge in [-0.2, -0.15) is 0 Å². The summed E-state index contributed by atoms with van der Waals surface area (Å²) >= 11 is 0. The van der Waals surface area contributed by atoms with E-state index in [1.807, 2.05) is 60.6 Å². The summed E-state index contributed by atoms with van der Waals surface area (Å²) in [6.45, 7) is 17.7. The molecule has 2 aromatic rings. The Morgan fingerprint density at radius 2 is 1.75 bits per heavy atom. The molecule has 3 rings (SSSR count). The van der Waals surface area contributed by atoms with Crippen LogP contribution in [-0.2, 0) is 19.0 Å². The SMILES string of the molecule is CC.CC.COC(=O)CC1CC(/C=C/c2c(-c3ccc(F)cc3)nc(C)nc2C(C)C)OC(C)(C)O1. The number of carbonyl (C=O) groups excluding carboxylic acids is 1. The Morgan fingerprint density at radius 1 is 1.14 bits per heavy atom. The second kappa shape index (κ2) is 14.8. The van der Waals surface area contributed by atoms with Crippen LogP contribution in [0.25, 0.3) is 17.3 Å². The summed E-state index contributed by atoms with van der Waals surface area (Å²) in [5.41, 5.74) is 3.34. The summed E-state index contributed by atoms with van der Waals surface area (Å²) in [6.07, 6.45) is 4.03. The maximum absolute atomic E-state index is 13.5. The van der Waals surface area contributed by atoms with Crippen LogP contribution in [0.4, 0.5) is 4.39 Å². The molecule has 1 aliphatic rings. The minimum absolute atomic E-state index is 0.162. The van der Waals surface area contributed by atoms with Crippen LogP contribution in [0.2, 0.25) is 0 Å². The minimum Gasteiger partial charge on any atom is -0.469 e. The molecule has 0 bridgehead atoms. The second-order valence-corrected chi connectivity index (χ2v) is 8.75. The summed E-state index contributed by atoms with van der Waals surface area (Å²) in [5, 5.41) is 0. The first-order valence-corrected chi connectivity index (χ1v) is 12.8. The number of methoxy groups -OCH3 is 1. The monoisotopic (exact) mass is 502 g/mol. The highest BCUT2D eigenvalue weighted by Gasteiger charge is 2.35. The van der Waals surface area contributed by atoms with Gasteiger partial charge in [0.25, 0.3) is 0 Å². The van der Waals surface area contributed by atoms with Crippen molar-refractivity contribution in [3.8, 4) is 11.3 Å². The molecule has 0 amide bonds. The number of nitrogens with zero attached hydrogens (tertiary/aromatic N) is 2. The van der Waals surface area contributed by atoms with E-state index in [9.17, 15) is 9.18 Å². The van der Waals surface area contributed by atoms with Gasteiger partial charge in [0.1, 0.15) is 11.6 Å². The standard InChI is InChI=1S/C25H31FN2O4.2C2H6/c1-15(2)23-21(24(28-16(3)27-23)17-7-9-18(26)10-8-17)12-11-19-13-20(14-22(29)30-6)32-25(4,5)31-19;2*1-2/h7-12,15,19-20H,13-14H2,1-6H3;2*1-2H3/b12-11+;;. The van der Waals surface area contributed by atoms with Crippen LogP contribution in [0.15, 0.2) is 30.3 Å². The lowest BCUT2D eigenvalue weighted by atomic mass is 9.96. The molecule has 1 aliphatic heterocycles. The third-order valence-electron chi connectivity index (χ3n) is 5.23. The molecule has 2 unspecified atom stereocenters. The largest absolute Gasteiger partial charge is 0.469 e. The van der Waals surface area contributed by atoms with Crippen LogP contribution in [0.5, 0.6) is 0 Å². The lowest BCUT2D eigenvalue weighted by Gasteiger charge is -2.39. The van der Waals surface area contributed by atoms with Crippen molar-refractivity contribution in [1.82, 2.24) is 9.97 Å². The molecule has 0 saturated carbocycles. The van der Waals surface area contributed by atoms with Crippen molar-refractivity contribution in [3.05, 3.63) is 53.2 Å². The van der Waals surface area contributed by atoms with E-state index in [0.29, 0.717) is 12.2 Å². The molecule has 6 nitrogen and oxygen atoms in total. The quantitative estimate of drug-likeness (QED) is 0.387. The van der Waals surface area contributed by atoms with Crippen LogP contribution in [0, 0.1) is 12.7 Å². The Bertz CT molecular complexity index is 988. The molecule has 0 aliphatic carbocycles. The number of aryl methyl sites for hydroxylation is 1. The highest BCUT2D eigenvalue weighted by atomic mass is 19.1. The second-order valence-electron chi connectivity index (χ2n) is 8.75. The molecule has 0 spiro atoms. The Labute approximate surface area is 216 Å². The Hall–Kier alpha value is -2.64. The van der Waals surface area contributed by atoms with Gasteiger partial charge in [0.2, 0.25) is 0 Å². The van der Waals surface area contributed by atoms with E-state index >= 15 is 0 Å². The molecule has 1 aromatic heterocycles. The van der Waals surface area contributed by atoms with Crippen molar-refractivity contribution in [2.45, 2.75) is 99.1 Å². The van der Waals surface area contributed by atoms with E-state index in [0.717, 1.165) is 22.5 Å². The average molecular weight is 503 g/mol. The van der Waals surface area contributed by atoms with Crippen molar-refractivity contribution in [1.29, 1.82) is 0 Å². The predicted octanol–water partition coefficient (Wildman–Crippen LogP) is 7.25. The topological polar surface area (TPSA) is 70.5 Å². The number of hydrogen-bond acceptors (Lipinski definition) is 6. The van der Waals surface area contributed by atoms with Gasteiger partial charge in [-0.1, -0.05) is 53.7 Å². The summed E-state index contributed by atoms with van der Waals surface area (Å²) in [5.74, 6) is -0.629. The van der Waals surface area contributed by atoms with E-state index in [1.165, 1.54) is 19.2 Å². The van der Waals surface area contributed by atoms with Gasteiger partial charge in [-0.15, -0.1) is 0 Å². The van der Waals surface area contributed by atoms with E-state index in [4.69, 9.17) is 14.2 Å². The van der Waals surface area contributed by atoms with Crippen molar-refractivity contribution in [2.24, 2.45) is 0 Å². The smallest absolute Gasteiger partial charge is 0.308 e. The number of aromatic nitrogens is 2. The van der Waals surface area contributed by atoms with Gasteiger partial charge >= 0.3 is 5.97 Å². The van der Waals surface area contributed by atoms with Crippen LogP contribution < -0.4 is 0 Å². The predicted molar refractivity (Wildman–Crippen MR) is 143 cm³/mol. The van der Waals surface area contributed by atoms with E-state index in [-0.39, 0.29) is 36.3 Å². The van der Waals surface area contributed by atoms with Crippen LogP contribution in [0.1, 0.15) is 91.2 Å². The molecule has 36 heavy (non-hydrogen) atoms. The van der Waals surface area contributed by atoms with Gasteiger partial charge in [-0.05, 0) is 51.0 Å². The highest BCUT2D eigenvalue weighted by molar-refractivity contribution is 5.74. The van der Waals surface area contributed by atoms with Gasteiger partial charge < -0.3 is 14.2 Å². The fourth-order valence-electron chi connectivity index (χ4n) is 3.90. The van der Waals surface area contributed by atoms with Crippen LogP contribution in [0.3, 0.4) is 0 Å². The summed E-state index contributed by atoms with van der Waals surface area (Å²) in [7, 11) is 1.37. The van der Waals surface area contributed by atoms with Gasteiger partial charge in [-0.3, -0.25) is 4.79 Å². The third kappa shape index (κ3) is 9.10. The number of rotatable bonds is 6. The Balaban J connectivity index is 0.00000154. The molecule has 2 heterocycles. The molecule has 200 valence electrons. The Morgan fingerprint density at radius 3 is 2.31 bits per heavy atom. The zero-order valence-electron chi connectivity index (χ0n) is 23.5. The van der Waals surface area contributed by atoms with Gasteiger partial charge in [-0.25, -0.2) is 14.4 Å². The first kappa shape index (κ1) is 31.4. The number of ether oxygens (including phenoxy) is 3. The van der Waals surface area contributed by atoms with Gasteiger partial charge in [0.05, 0.1) is 37.1 Å². The van der Waals surface area contributed by atoms with Crippen molar-refractivity contribution in [3.63, 3.8) is 0 Å². The van der Waals surface area contributed by atoms with Crippen LogP contribution >= 0.6 is 0 Å². The van der Waals surface area contributed by atoms with E-state index < -0.39 is 5.79 Å². The maximum Gasteiger partial charge on any atom is 0.308 e. The number of hydrogen-bond donors (Lipinski definition) is 0. The fourth-order valence-corrected chi connectivity index (χ4v) is 3.90. The number of benzene rings is 1. The third-order valence-corrected chi connectivity index (χ3v) is 5.23. The highest BCUT2D eigenvalue weighted by Crippen LogP contribution is 2.32. The minimum atomic E-state index is -0.837. The number of esters is 1. The van der Waals surface area contributed by atoms with Gasteiger partial charge in [0.15, 0.2) is 5.79 Å². The van der Waals surface area contributed by atoms with Crippen molar-refractivity contribution in [2.75, 3.05) is 7.11 Å². The number of carbonyl (C=O) groups is 1. The molecule has 1 aromatic carbocycles. The molecule has 1 saturated heterocycles. The molecule has 7 heteroatoms. The molecular weight excluding hydrogens is 459 g/mol. The zero-order valence-corrected chi connectivity index (χ0v) is 23.5. The lowest BCUT2D eigenvalue weighted by Crippen LogP contribution is -2.44. The molecule has 0 radical (unpaired) electrons. The van der Waals surface area contributed by atoms with Crippen molar-refractivity contribution < 1.29 is 23.4 Å². The normalized spacial score (nSPS) is 18.7. The average Bonchev–Trinajstić information content (AvgIpc) is 2.84. The van der Waals surface area contributed by atoms with Crippen molar-refractivity contribution >= 4 is 12.0 Å². The fraction of sp³-hybridized carbons (Fsp3) is 0.552. The lowest BCUT2D eigenvalue weighted by molar-refractivity contribution is -0.290. The molecule has 0 N–H and O–H groups in total. The first-order valence-electron chi connectivity index (χ1n) is 12.8. The van der Waals surface area contributed by atoms with E-state index in [2.05, 4.69) is 23.8 Å². The van der Waals surface area contributed by atoms with Crippen LogP contribution in [-0.4, -0.2) is 41.0 Å². The van der Waals surface area contributed by atoms with Gasteiger partial charge in [0, 0.05) is 17.5 Å². The summed E-state index contributed by atoms with van der Waals surface area (Å²) in [6, 6.07) is 6.30. The summed E-state index contributed by atoms with van der Waals surface area (Å²) in [4.78, 5) is 21.1. The van der Waals surface area contributed by atoms with E-state index in [1.54, 1.807) is 12.1 Å². The first-order chi connectivity index (χ1) is 17.1. The Kier molecular flexibility index (Phi) is 12.9. The summed E-state index contributed by atoms with van der Waals surface area (Å²) < 4.78 is 30.3.